The van der Waals surface area contributed by atoms with Crippen LogP contribution in [0.1, 0.15) is 34.3 Å². The van der Waals surface area contributed by atoms with Gasteiger partial charge in [-0.15, -0.1) is 23.2 Å². The maximum absolute atomic E-state index is 14.6. The minimum absolute atomic E-state index is 0.00176. The summed E-state index contributed by atoms with van der Waals surface area (Å²) in [6.07, 6.45) is -6.82. The number of nitrogens with one attached hydrogen (secondary N) is 3. The molecule has 0 saturated heterocycles. The van der Waals surface area contributed by atoms with Gasteiger partial charge in [-0.2, -0.15) is 13.2 Å². The Hall–Kier alpha value is -3.48. The fourth-order valence-corrected chi connectivity index (χ4v) is 5.14. The average Bonchev–Trinajstić information content (AvgIpc) is 3.47. The highest BCUT2D eigenvalue weighted by atomic mass is 35.5. The van der Waals surface area contributed by atoms with Crippen LogP contribution in [0.5, 0.6) is 0 Å². The van der Waals surface area contributed by atoms with Gasteiger partial charge < -0.3 is 16.0 Å². The number of anilines is 3. The number of carbonyl (C=O) groups excluding carboxylic acids is 3. The molecule has 3 atom stereocenters. The van der Waals surface area contributed by atoms with Crippen LogP contribution in [-0.4, -0.2) is 28.2 Å². The van der Waals surface area contributed by atoms with Crippen LogP contribution in [0.25, 0.3) is 0 Å². The average molecular weight is 653 g/mol. The topological polar surface area (TPSA) is 87.3 Å². The SMILES string of the molecule is CC(F)C(=O)Nc1ccc(C(=O)Nc2cc(NC(=O)C3C(c4ccc(F)c(C(F)(F)F)c4)C3(Cl)Cl)ccc2Cl)c(F)c1. The highest BCUT2D eigenvalue weighted by molar-refractivity contribution is 6.53. The Morgan fingerprint density at radius 3 is 2.14 bits per heavy atom. The van der Waals surface area contributed by atoms with Gasteiger partial charge in [-0.1, -0.05) is 17.7 Å². The molecule has 3 N–H and O–H groups in total. The second kappa shape index (κ2) is 11.7. The Morgan fingerprint density at radius 1 is 0.881 bits per heavy atom. The van der Waals surface area contributed by atoms with Gasteiger partial charge in [0.1, 0.15) is 16.0 Å². The monoisotopic (exact) mass is 651 g/mol. The fraction of sp³-hybridized carbons (Fsp3) is 0.222. The number of hydrogen-bond donors (Lipinski definition) is 3. The fourth-order valence-electron chi connectivity index (χ4n) is 4.15. The highest BCUT2D eigenvalue weighted by Gasteiger charge is 2.67. The van der Waals surface area contributed by atoms with Crippen molar-refractivity contribution in [3.8, 4) is 0 Å². The minimum atomic E-state index is -4.98. The summed E-state index contributed by atoms with van der Waals surface area (Å²) in [5, 5.41) is 7.01. The number of amides is 3. The Bertz CT molecular complexity index is 1580. The van der Waals surface area contributed by atoms with E-state index in [1.165, 1.54) is 24.3 Å². The van der Waals surface area contributed by atoms with Crippen LogP contribution in [0.2, 0.25) is 5.02 Å². The second-order valence-corrected chi connectivity index (χ2v) is 11.2. The third kappa shape index (κ3) is 6.61. The van der Waals surface area contributed by atoms with Crippen molar-refractivity contribution in [2.75, 3.05) is 16.0 Å². The zero-order valence-corrected chi connectivity index (χ0v) is 23.3. The summed E-state index contributed by atoms with van der Waals surface area (Å²) in [6.45, 7) is 0.997. The summed E-state index contributed by atoms with van der Waals surface area (Å²) >= 11 is 18.6. The summed E-state index contributed by atoms with van der Waals surface area (Å²) in [6, 6.07) is 9.15. The van der Waals surface area contributed by atoms with E-state index in [2.05, 4.69) is 16.0 Å². The van der Waals surface area contributed by atoms with E-state index in [4.69, 9.17) is 34.8 Å². The van der Waals surface area contributed by atoms with Crippen molar-refractivity contribution in [3.05, 3.63) is 87.9 Å². The Balaban J connectivity index is 1.48. The van der Waals surface area contributed by atoms with Gasteiger partial charge in [-0.05, 0) is 61.0 Å². The first kappa shape index (κ1) is 31.5. The van der Waals surface area contributed by atoms with Gasteiger partial charge >= 0.3 is 6.18 Å². The number of rotatable bonds is 7. The first-order valence-electron chi connectivity index (χ1n) is 11.9. The van der Waals surface area contributed by atoms with E-state index in [-0.39, 0.29) is 27.6 Å². The number of carbonyl (C=O) groups is 3. The van der Waals surface area contributed by atoms with Crippen LogP contribution in [0.3, 0.4) is 0 Å². The van der Waals surface area contributed by atoms with Crippen molar-refractivity contribution in [1.82, 2.24) is 0 Å². The molecule has 42 heavy (non-hydrogen) atoms. The largest absolute Gasteiger partial charge is 0.419 e. The number of hydrogen-bond acceptors (Lipinski definition) is 3. The molecule has 1 aliphatic rings. The van der Waals surface area contributed by atoms with Crippen molar-refractivity contribution in [1.29, 1.82) is 0 Å². The predicted molar refractivity (Wildman–Crippen MR) is 146 cm³/mol. The summed E-state index contributed by atoms with van der Waals surface area (Å²) in [7, 11) is 0. The standard InChI is InChI=1S/C27H18Cl3F6N3O3/c1-11(31)23(40)37-13-3-5-15(19(33)9-13)24(41)39-20-10-14(4-6-17(20)28)38-25(42)22-21(26(22,29)30)12-2-7-18(32)16(8-12)27(34,35)36/h2-11,21-22H,1H3,(H,37,40)(H,38,42)(H,39,41). The Labute approximate surface area is 249 Å². The third-order valence-corrected chi connectivity index (χ3v) is 7.59. The maximum Gasteiger partial charge on any atom is 0.419 e. The van der Waals surface area contributed by atoms with Gasteiger partial charge in [0.05, 0.1) is 27.8 Å². The Kier molecular flexibility index (Phi) is 8.73. The van der Waals surface area contributed by atoms with Gasteiger partial charge in [0, 0.05) is 17.3 Å². The molecule has 6 nitrogen and oxygen atoms in total. The van der Waals surface area contributed by atoms with Crippen molar-refractivity contribution in [2.24, 2.45) is 5.92 Å². The second-order valence-electron chi connectivity index (χ2n) is 9.30. The molecular formula is C27H18Cl3F6N3O3. The molecule has 4 rings (SSSR count). The number of alkyl halides is 6. The van der Waals surface area contributed by atoms with Gasteiger partial charge in [-0.25, -0.2) is 13.2 Å². The lowest BCUT2D eigenvalue weighted by atomic mass is 10.0. The van der Waals surface area contributed by atoms with Gasteiger partial charge in [0.15, 0.2) is 6.17 Å². The molecule has 3 unspecified atom stereocenters. The molecule has 1 fully saturated rings. The first-order valence-corrected chi connectivity index (χ1v) is 13.0. The lowest BCUT2D eigenvalue weighted by molar-refractivity contribution is -0.140. The molecule has 0 heterocycles. The lowest BCUT2D eigenvalue weighted by Gasteiger charge is -2.12. The highest BCUT2D eigenvalue weighted by Crippen LogP contribution is 2.65. The molecular weight excluding hydrogens is 635 g/mol. The molecule has 3 aromatic carbocycles. The molecule has 0 aromatic heterocycles. The molecule has 3 aromatic rings. The normalized spacial score (nSPS) is 18.1. The van der Waals surface area contributed by atoms with E-state index >= 15 is 0 Å². The van der Waals surface area contributed by atoms with Gasteiger partial charge in [0.25, 0.3) is 11.8 Å². The number of benzene rings is 3. The van der Waals surface area contributed by atoms with Gasteiger partial charge in [0.2, 0.25) is 5.91 Å². The van der Waals surface area contributed by atoms with Gasteiger partial charge in [-0.3, -0.25) is 14.4 Å². The van der Waals surface area contributed by atoms with Crippen molar-refractivity contribution >= 4 is 69.6 Å². The smallest absolute Gasteiger partial charge is 0.326 e. The molecule has 3 amide bonds. The Morgan fingerprint density at radius 2 is 1.52 bits per heavy atom. The molecule has 1 aliphatic carbocycles. The van der Waals surface area contributed by atoms with E-state index in [0.717, 1.165) is 25.1 Å². The van der Waals surface area contributed by atoms with E-state index in [1.54, 1.807) is 0 Å². The van der Waals surface area contributed by atoms with Crippen LogP contribution in [0, 0.1) is 17.6 Å². The zero-order valence-electron chi connectivity index (χ0n) is 21.1. The molecule has 15 heteroatoms. The van der Waals surface area contributed by atoms with E-state index in [0.29, 0.717) is 12.1 Å². The van der Waals surface area contributed by atoms with E-state index in [9.17, 15) is 40.7 Å². The molecule has 0 spiro atoms. The van der Waals surface area contributed by atoms with E-state index in [1.807, 2.05) is 0 Å². The molecule has 222 valence electrons. The van der Waals surface area contributed by atoms with Crippen LogP contribution < -0.4 is 16.0 Å². The molecule has 1 saturated carbocycles. The first-order chi connectivity index (χ1) is 19.5. The summed E-state index contributed by atoms with van der Waals surface area (Å²) < 4.78 is 79.0. The molecule has 0 aliphatic heterocycles. The lowest BCUT2D eigenvalue weighted by Crippen LogP contribution is -2.21. The summed E-state index contributed by atoms with van der Waals surface area (Å²) in [5.41, 5.74) is -2.12. The third-order valence-electron chi connectivity index (χ3n) is 6.32. The van der Waals surface area contributed by atoms with Crippen molar-refractivity contribution in [3.63, 3.8) is 0 Å². The minimum Gasteiger partial charge on any atom is -0.326 e. The van der Waals surface area contributed by atoms with Crippen LogP contribution >= 0.6 is 34.8 Å². The molecule has 0 radical (unpaired) electrons. The van der Waals surface area contributed by atoms with Crippen LogP contribution in [0.15, 0.2) is 54.6 Å². The zero-order chi connectivity index (χ0) is 31.1. The summed E-state index contributed by atoms with van der Waals surface area (Å²) in [5.74, 6) is -7.56. The summed E-state index contributed by atoms with van der Waals surface area (Å²) in [4.78, 5) is 37.1. The maximum atomic E-state index is 14.6. The van der Waals surface area contributed by atoms with E-state index < -0.39 is 69.0 Å². The van der Waals surface area contributed by atoms with Crippen molar-refractivity contribution in [2.45, 2.75) is 29.5 Å². The van der Waals surface area contributed by atoms with Crippen molar-refractivity contribution < 1.29 is 40.7 Å². The molecule has 0 bridgehead atoms. The number of halogens is 9. The van der Waals surface area contributed by atoms with Crippen LogP contribution in [0.4, 0.5) is 43.4 Å². The predicted octanol–water partition coefficient (Wildman–Crippen LogP) is 7.71. The quantitative estimate of drug-likeness (QED) is 0.181. The van der Waals surface area contributed by atoms with Crippen LogP contribution in [-0.2, 0) is 15.8 Å².